The van der Waals surface area contributed by atoms with Gasteiger partial charge in [-0.05, 0) is 0 Å². The quantitative estimate of drug-likeness (QED) is 0.325. The van der Waals surface area contributed by atoms with Gasteiger partial charge in [0.1, 0.15) is 0 Å². The maximum absolute atomic E-state index is 10.6. The zero-order valence-electron chi connectivity index (χ0n) is 4.75. The van der Waals surface area contributed by atoms with Crippen molar-refractivity contribution in [1.82, 2.24) is 10.9 Å². The molecule has 1 aliphatic rings. The Labute approximate surface area is 72.7 Å². The van der Waals surface area contributed by atoms with E-state index in [2.05, 4.69) is 23.5 Å². The number of nitrogens with one attached hydrogen (secondary N) is 2. The lowest BCUT2D eigenvalue weighted by Gasteiger charge is -2.14. The van der Waals surface area contributed by atoms with Crippen molar-refractivity contribution < 1.29 is 4.79 Å². The van der Waals surface area contributed by atoms with Crippen molar-refractivity contribution in [2.45, 2.75) is 4.20 Å². The molecule has 1 atom stereocenters. The molecule has 0 spiro atoms. The third kappa shape index (κ3) is 1.36. The number of hydrogen-bond acceptors (Lipinski definition) is 5. The van der Waals surface area contributed by atoms with Gasteiger partial charge in [0.05, 0.1) is 0 Å². The van der Waals surface area contributed by atoms with Crippen LogP contribution in [-0.2, 0) is 4.79 Å². The molecule has 4 N–H and O–H groups in total. The molecule has 0 radical (unpaired) electrons. The molecule has 10 heavy (non-hydrogen) atoms. The van der Waals surface area contributed by atoms with Crippen LogP contribution in [0.3, 0.4) is 0 Å². The molecule has 0 aromatic carbocycles. The fourth-order valence-corrected chi connectivity index (χ4v) is 1.95. The average Bonchev–Trinajstić information content (AvgIpc) is 2.13. The van der Waals surface area contributed by atoms with E-state index in [1.807, 2.05) is 0 Å². The zero-order chi connectivity index (χ0) is 7.78. The Morgan fingerprint density at radius 3 is 2.70 bits per heavy atom. The predicted molar refractivity (Wildman–Crippen MR) is 47.4 cm³/mol. The molecule has 1 fully saturated rings. The number of amides is 1. The number of carbonyl (C=O) groups is 1. The van der Waals surface area contributed by atoms with Gasteiger partial charge in [-0.3, -0.25) is 4.79 Å². The molecule has 1 rings (SSSR count). The summed E-state index contributed by atoms with van der Waals surface area (Å²) >= 11 is 9.76. The first-order valence-corrected chi connectivity index (χ1v) is 4.00. The van der Waals surface area contributed by atoms with Gasteiger partial charge in [-0.15, -0.1) is 12.6 Å². The van der Waals surface area contributed by atoms with E-state index in [4.69, 9.17) is 18.0 Å². The summed E-state index contributed by atoms with van der Waals surface area (Å²) in [6.07, 6.45) is 0. The highest BCUT2D eigenvalue weighted by Gasteiger charge is 2.39. The Hall–Kier alpha value is 0.0200. The Morgan fingerprint density at radius 2 is 2.50 bits per heavy atom. The lowest BCUT2D eigenvalue weighted by molar-refractivity contribution is -0.118. The van der Waals surface area contributed by atoms with E-state index in [9.17, 15) is 4.79 Å². The summed E-state index contributed by atoms with van der Waals surface area (Å²) in [5, 5.41) is 0. The van der Waals surface area contributed by atoms with Gasteiger partial charge in [-0.25, -0.2) is 5.43 Å². The molecule has 0 aromatic rings. The molecule has 7 heteroatoms. The molecular weight excluding hydrogens is 190 g/mol. The number of hydrazine groups is 1. The van der Waals surface area contributed by atoms with Gasteiger partial charge in [0, 0.05) is 0 Å². The molecule has 1 unspecified atom stereocenters. The van der Waals surface area contributed by atoms with Gasteiger partial charge in [0.15, 0.2) is 4.32 Å². The Morgan fingerprint density at radius 1 is 1.90 bits per heavy atom. The fraction of sp³-hybridized carbons (Fsp3) is 0.333. The Bertz CT molecular complexity index is 195. The number of thiocarbonyl (C=S) groups is 1. The van der Waals surface area contributed by atoms with Crippen molar-refractivity contribution in [3.63, 3.8) is 0 Å². The second-order valence-corrected chi connectivity index (χ2v) is 4.51. The zero-order valence-corrected chi connectivity index (χ0v) is 7.28. The van der Waals surface area contributed by atoms with Crippen molar-refractivity contribution in [3.05, 3.63) is 0 Å². The average molecular weight is 195 g/mol. The molecule has 4 nitrogen and oxygen atoms in total. The lowest BCUT2D eigenvalue weighted by Crippen LogP contribution is -2.47. The second kappa shape index (κ2) is 2.57. The van der Waals surface area contributed by atoms with Gasteiger partial charge in [-0.1, -0.05) is 24.0 Å². The van der Waals surface area contributed by atoms with E-state index < -0.39 is 10.1 Å². The Balaban J connectivity index is 2.72. The molecule has 1 amide bonds. The number of primary amides is 1. The van der Waals surface area contributed by atoms with Crippen LogP contribution >= 0.6 is 36.6 Å². The van der Waals surface area contributed by atoms with Crippen molar-refractivity contribution in [2.75, 3.05) is 0 Å². The minimum Gasteiger partial charge on any atom is -0.366 e. The van der Waals surface area contributed by atoms with Crippen LogP contribution in [0.4, 0.5) is 0 Å². The largest absolute Gasteiger partial charge is 0.366 e. The van der Waals surface area contributed by atoms with Crippen LogP contribution in [-0.4, -0.2) is 14.4 Å². The predicted octanol–water partition coefficient (Wildman–Crippen LogP) is -0.819. The lowest BCUT2D eigenvalue weighted by atomic mass is 10.6. The number of thiol groups is 1. The van der Waals surface area contributed by atoms with Crippen LogP contribution in [0.1, 0.15) is 0 Å². The van der Waals surface area contributed by atoms with Crippen LogP contribution in [0, 0.1) is 0 Å². The standard InChI is InChI=1S/C3H5N3OS3/c4-1(7)3(9)6-5-2(8)10-3/h6,9H,(H2,4,7)(H,5,8). The molecule has 1 saturated heterocycles. The van der Waals surface area contributed by atoms with Gasteiger partial charge in [-0.2, -0.15) is 0 Å². The van der Waals surface area contributed by atoms with Crippen LogP contribution in [0.15, 0.2) is 0 Å². The third-order valence-electron chi connectivity index (χ3n) is 0.908. The van der Waals surface area contributed by atoms with Gasteiger partial charge in [0.25, 0.3) is 5.91 Å². The minimum absolute atomic E-state index is 0.466. The number of hydrogen-bond donors (Lipinski definition) is 4. The molecule has 1 aliphatic heterocycles. The summed E-state index contributed by atoms with van der Waals surface area (Å²) in [7, 11) is 0. The van der Waals surface area contributed by atoms with Gasteiger partial charge in [0.2, 0.25) is 4.20 Å². The molecule has 0 saturated carbocycles. The molecular formula is C3H5N3OS3. The normalized spacial score (nSPS) is 31.9. The summed E-state index contributed by atoms with van der Waals surface area (Å²) in [5.41, 5.74) is 10.1. The van der Waals surface area contributed by atoms with Gasteiger partial charge < -0.3 is 11.2 Å². The highest BCUT2D eigenvalue weighted by molar-refractivity contribution is 8.29. The summed E-state index contributed by atoms with van der Waals surface area (Å²) in [4.78, 5) is 10.6. The fourth-order valence-electron chi connectivity index (χ4n) is 0.433. The van der Waals surface area contributed by atoms with Gasteiger partial charge >= 0.3 is 0 Å². The molecule has 56 valence electrons. The van der Waals surface area contributed by atoms with Crippen molar-refractivity contribution >= 4 is 46.8 Å². The van der Waals surface area contributed by atoms with E-state index in [1.54, 1.807) is 0 Å². The molecule has 0 aromatic heterocycles. The topological polar surface area (TPSA) is 67.2 Å². The van der Waals surface area contributed by atoms with Crippen molar-refractivity contribution in [2.24, 2.45) is 5.73 Å². The van der Waals surface area contributed by atoms with Crippen LogP contribution in [0.5, 0.6) is 0 Å². The maximum Gasteiger partial charge on any atom is 0.260 e. The number of thioether (sulfide) groups is 1. The van der Waals surface area contributed by atoms with Crippen molar-refractivity contribution in [1.29, 1.82) is 0 Å². The number of rotatable bonds is 1. The number of carbonyl (C=O) groups excluding carboxylic acids is 1. The Kier molecular flexibility index (Phi) is 2.09. The smallest absolute Gasteiger partial charge is 0.260 e. The third-order valence-corrected chi connectivity index (χ3v) is 2.75. The summed E-state index contributed by atoms with van der Waals surface area (Å²) in [5.74, 6) is -0.562. The van der Waals surface area contributed by atoms with E-state index in [0.29, 0.717) is 4.32 Å². The van der Waals surface area contributed by atoms with Crippen LogP contribution < -0.4 is 16.6 Å². The molecule has 0 aliphatic carbocycles. The SMILES string of the molecule is NC(=O)C1(S)NNC(=S)S1. The maximum atomic E-state index is 10.6. The first kappa shape index (κ1) is 8.12. The first-order valence-electron chi connectivity index (χ1n) is 2.33. The number of nitrogens with two attached hydrogens (primary N) is 1. The van der Waals surface area contributed by atoms with E-state index in [1.165, 1.54) is 0 Å². The molecule has 1 heterocycles. The van der Waals surface area contributed by atoms with Crippen LogP contribution in [0.2, 0.25) is 0 Å². The molecule has 0 bridgehead atoms. The summed E-state index contributed by atoms with van der Waals surface area (Å²) in [6.45, 7) is 0. The highest BCUT2D eigenvalue weighted by Crippen LogP contribution is 2.30. The highest BCUT2D eigenvalue weighted by atomic mass is 32.2. The summed E-state index contributed by atoms with van der Waals surface area (Å²) in [6, 6.07) is 0. The first-order chi connectivity index (χ1) is 4.54. The minimum atomic E-state index is -1.09. The monoisotopic (exact) mass is 195 g/mol. The van der Waals surface area contributed by atoms with E-state index >= 15 is 0 Å². The second-order valence-electron chi connectivity index (χ2n) is 1.65. The van der Waals surface area contributed by atoms with Crippen molar-refractivity contribution in [3.8, 4) is 0 Å². The van der Waals surface area contributed by atoms with E-state index in [0.717, 1.165) is 11.8 Å². The van der Waals surface area contributed by atoms with E-state index in [-0.39, 0.29) is 0 Å². The summed E-state index contributed by atoms with van der Waals surface area (Å²) < 4.78 is -0.620. The van der Waals surface area contributed by atoms with Crippen LogP contribution in [0.25, 0.3) is 0 Å².